The fraction of sp³-hybridized carbons (Fsp3) is 0.200. The maximum atomic E-state index is 13.7. The summed E-state index contributed by atoms with van der Waals surface area (Å²) in [5, 5.41) is 2.39. The van der Waals surface area contributed by atoms with E-state index in [-0.39, 0.29) is 0 Å². The summed E-state index contributed by atoms with van der Waals surface area (Å²) in [6, 6.07) is 7.29. The lowest BCUT2D eigenvalue weighted by molar-refractivity contribution is 0.379. The van der Waals surface area contributed by atoms with Crippen molar-refractivity contribution in [3.8, 4) is 0 Å². The number of hydrogen-bond donors (Lipinski definition) is 0. The second-order valence-corrected chi connectivity index (χ2v) is 7.09. The first-order chi connectivity index (χ1) is 7.47. The van der Waals surface area contributed by atoms with Crippen molar-refractivity contribution < 1.29 is 12.8 Å². The van der Waals surface area contributed by atoms with Crippen LogP contribution in [0.5, 0.6) is 0 Å². The van der Waals surface area contributed by atoms with E-state index in [1.54, 1.807) is 17.5 Å². The van der Waals surface area contributed by atoms with Gasteiger partial charge in [0.05, 0.1) is 0 Å². The minimum absolute atomic E-state index is 0.393. The maximum absolute atomic E-state index is 13.7. The molecule has 0 saturated heterocycles. The van der Waals surface area contributed by atoms with Gasteiger partial charge >= 0.3 is 0 Å². The van der Waals surface area contributed by atoms with Crippen molar-refractivity contribution in [2.45, 2.75) is 6.17 Å². The van der Waals surface area contributed by atoms with Gasteiger partial charge in [0.25, 0.3) is 0 Å². The largest absolute Gasteiger partial charge is 0.241 e. The van der Waals surface area contributed by atoms with Gasteiger partial charge in [-0.2, -0.15) is 0 Å². The fourth-order valence-corrected chi connectivity index (χ4v) is 3.36. The SMILES string of the molecule is O=S(=O)(Cl)CC(F)c1csc2ccccc12. The Morgan fingerprint density at radius 3 is 2.75 bits per heavy atom. The second kappa shape index (κ2) is 4.31. The molecule has 86 valence electrons. The van der Waals surface area contributed by atoms with Crippen LogP contribution >= 0.6 is 22.0 Å². The molecule has 1 aromatic carbocycles. The number of benzene rings is 1. The molecule has 1 heterocycles. The predicted octanol–water partition coefficient (Wildman–Crippen LogP) is 3.48. The van der Waals surface area contributed by atoms with Gasteiger partial charge < -0.3 is 0 Å². The Morgan fingerprint density at radius 1 is 1.38 bits per heavy atom. The third kappa shape index (κ3) is 2.53. The van der Waals surface area contributed by atoms with Crippen LogP contribution in [0.2, 0.25) is 0 Å². The van der Waals surface area contributed by atoms with Gasteiger partial charge in [-0.1, -0.05) is 18.2 Å². The van der Waals surface area contributed by atoms with Crippen molar-refractivity contribution in [2.24, 2.45) is 0 Å². The quantitative estimate of drug-likeness (QED) is 0.806. The zero-order valence-electron chi connectivity index (χ0n) is 8.06. The van der Waals surface area contributed by atoms with Crippen molar-refractivity contribution in [2.75, 3.05) is 5.75 Å². The molecule has 0 aliphatic rings. The number of hydrogen-bond acceptors (Lipinski definition) is 3. The van der Waals surface area contributed by atoms with Crippen LogP contribution in [0.1, 0.15) is 11.7 Å². The molecule has 2 rings (SSSR count). The van der Waals surface area contributed by atoms with E-state index in [0.29, 0.717) is 5.56 Å². The molecule has 0 radical (unpaired) electrons. The molecule has 0 bridgehead atoms. The zero-order valence-corrected chi connectivity index (χ0v) is 10.4. The molecule has 0 saturated carbocycles. The van der Waals surface area contributed by atoms with Crippen LogP contribution in [0, 0.1) is 0 Å². The fourth-order valence-electron chi connectivity index (χ4n) is 1.51. The number of halogens is 2. The monoisotopic (exact) mass is 278 g/mol. The first kappa shape index (κ1) is 11.8. The van der Waals surface area contributed by atoms with E-state index in [4.69, 9.17) is 10.7 Å². The molecule has 0 spiro atoms. The Labute approximate surface area is 101 Å². The van der Waals surface area contributed by atoms with E-state index in [1.165, 1.54) is 11.3 Å². The van der Waals surface area contributed by atoms with Crippen LogP contribution in [0.3, 0.4) is 0 Å². The van der Waals surface area contributed by atoms with Gasteiger partial charge in [0, 0.05) is 20.9 Å². The molecule has 1 unspecified atom stereocenters. The summed E-state index contributed by atoms with van der Waals surface area (Å²) in [5.41, 5.74) is 0.393. The van der Waals surface area contributed by atoms with Gasteiger partial charge in [0.15, 0.2) is 0 Å². The van der Waals surface area contributed by atoms with Crippen molar-refractivity contribution in [3.05, 3.63) is 35.2 Å². The molecule has 0 amide bonds. The summed E-state index contributed by atoms with van der Waals surface area (Å²) >= 11 is 1.39. The Bertz CT molecular complexity index is 606. The molecule has 0 aliphatic heterocycles. The molecular weight excluding hydrogens is 271 g/mol. The lowest BCUT2D eigenvalue weighted by Crippen LogP contribution is -2.05. The van der Waals surface area contributed by atoms with Gasteiger partial charge in [-0.3, -0.25) is 0 Å². The highest BCUT2D eigenvalue weighted by Crippen LogP contribution is 2.33. The van der Waals surface area contributed by atoms with E-state index in [2.05, 4.69) is 0 Å². The van der Waals surface area contributed by atoms with Crippen molar-refractivity contribution in [1.82, 2.24) is 0 Å². The lowest BCUT2D eigenvalue weighted by Gasteiger charge is -2.04. The molecule has 6 heteroatoms. The summed E-state index contributed by atoms with van der Waals surface area (Å²) in [5.74, 6) is -0.685. The predicted molar refractivity (Wildman–Crippen MR) is 65.3 cm³/mol. The van der Waals surface area contributed by atoms with Crippen LogP contribution in [0.15, 0.2) is 29.6 Å². The van der Waals surface area contributed by atoms with Gasteiger partial charge in [-0.05, 0) is 16.8 Å². The van der Waals surface area contributed by atoms with E-state index in [9.17, 15) is 12.8 Å². The van der Waals surface area contributed by atoms with Crippen LogP contribution in [0.4, 0.5) is 4.39 Å². The Hall–Kier alpha value is -0.650. The van der Waals surface area contributed by atoms with Crippen molar-refractivity contribution >= 4 is 41.2 Å². The molecule has 0 fully saturated rings. The average molecular weight is 279 g/mol. The van der Waals surface area contributed by atoms with Gasteiger partial charge in [0.1, 0.15) is 11.9 Å². The lowest BCUT2D eigenvalue weighted by atomic mass is 10.1. The first-order valence-electron chi connectivity index (χ1n) is 4.50. The minimum Gasteiger partial charge on any atom is -0.241 e. The highest BCUT2D eigenvalue weighted by atomic mass is 35.7. The number of alkyl halides is 1. The zero-order chi connectivity index (χ0) is 11.8. The summed E-state index contributed by atoms with van der Waals surface area (Å²) < 4.78 is 36.3. The normalized spacial score (nSPS) is 14.1. The van der Waals surface area contributed by atoms with Crippen LogP contribution in [-0.4, -0.2) is 14.2 Å². The summed E-state index contributed by atoms with van der Waals surface area (Å²) in [6.45, 7) is 0. The van der Waals surface area contributed by atoms with Crippen LogP contribution < -0.4 is 0 Å². The van der Waals surface area contributed by atoms with Crippen LogP contribution in [-0.2, 0) is 9.05 Å². The van der Waals surface area contributed by atoms with Gasteiger partial charge in [-0.15, -0.1) is 11.3 Å². The first-order valence-corrected chi connectivity index (χ1v) is 7.86. The Kier molecular flexibility index (Phi) is 3.19. The number of fused-ring (bicyclic) bond motifs is 1. The van der Waals surface area contributed by atoms with Crippen LogP contribution in [0.25, 0.3) is 10.1 Å². The highest BCUT2D eigenvalue weighted by Gasteiger charge is 2.20. The molecule has 1 atom stereocenters. The average Bonchev–Trinajstić information content (AvgIpc) is 2.58. The third-order valence-corrected chi connectivity index (χ3v) is 4.24. The molecule has 2 nitrogen and oxygen atoms in total. The van der Waals surface area contributed by atoms with Gasteiger partial charge in [0.2, 0.25) is 9.05 Å². The minimum atomic E-state index is -3.82. The van der Waals surface area contributed by atoms with Crippen molar-refractivity contribution in [1.29, 1.82) is 0 Å². The second-order valence-electron chi connectivity index (χ2n) is 3.36. The molecule has 0 N–H and O–H groups in total. The Balaban J connectivity index is 2.40. The molecule has 2 aromatic rings. The summed E-state index contributed by atoms with van der Waals surface area (Å²) in [7, 11) is 1.22. The van der Waals surface area contributed by atoms with Gasteiger partial charge in [-0.25, -0.2) is 12.8 Å². The molecule has 1 aromatic heterocycles. The Morgan fingerprint density at radius 2 is 2.06 bits per heavy atom. The summed E-state index contributed by atoms with van der Waals surface area (Å²) in [6.07, 6.45) is -1.57. The topological polar surface area (TPSA) is 34.1 Å². The van der Waals surface area contributed by atoms with E-state index < -0.39 is 21.0 Å². The molecule has 16 heavy (non-hydrogen) atoms. The van der Waals surface area contributed by atoms with E-state index >= 15 is 0 Å². The van der Waals surface area contributed by atoms with E-state index in [1.807, 2.05) is 12.1 Å². The summed E-state index contributed by atoms with van der Waals surface area (Å²) in [4.78, 5) is 0. The standard InChI is InChI=1S/C10H8ClFO2S2/c11-16(13,14)6-9(12)8-5-15-10-4-2-1-3-7(8)10/h1-5,9H,6H2. The smallest absolute Gasteiger partial charge is 0.235 e. The number of rotatable bonds is 3. The molecular formula is C10H8ClFO2S2. The van der Waals surface area contributed by atoms with Crippen molar-refractivity contribution in [3.63, 3.8) is 0 Å². The third-order valence-electron chi connectivity index (χ3n) is 2.19. The van der Waals surface area contributed by atoms with E-state index in [0.717, 1.165) is 10.1 Å². The number of thiophene rings is 1. The maximum Gasteiger partial charge on any atom is 0.235 e. The molecule has 0 aliphatic carbocycles. The highest BCUT2D eigenvalue weighted by molar-refractivity contribution is 8.13.